The molecule has 0 spiro atoms. The molecule has 2 N–H and O–H groups in total. The fraction of sp³-hybridized carbons (Fsp3) is 0.208. The molecule has 3 aromatic carbocycles. The molecular formula is C24H24FN3O5S2. The molecule has 1 amide bonds. The predicted molar refractivity (Wildman–Crippen MR) is 131 cm³/mol. The lowest BCUT2D eigenvalue weighted by atomic mass is 10.1. The molecule has 0 unspecified atom stereocenters. The fourth-order valence-corrected chi connectivity index (χ4v) is 6.35. The van der Waals surface area contributed by atoms with Gasteiger partial charge in [0, 0.05) is 18.8 Å². The second-order valence-corrected chi connectivity index (χ2v) is 11.7. The van der Waals surface area contributed by atoms with Gasteiger partial charge in [-0.2, -0.15) is 4.31 Å². The smallest absolute Gasteiger partial charge is 0.261 e. The Kier molecular flexibility index (Phi) is 7.20. The second kappa shape index (κ2) is 10.1. The number of piperidine rings is 1. The third-order valence-electron chi connectivity index (χ3n) is 5.60. The summed E-state index contributed by atoms with van der Waals surface area (Å²) >= 11 is 0. The molecule has 1 heterocycles. The number of nitrogens with zero attached hydrogens (tertiary/aromatic N) is 1. The minimum absolute atomic E-state index is 0.0404. The molecule has 1 aliphatic rings. The molecule has 11 heteroatoms. The van der Waals surface area contributed by atoms with Crippen LogP contribution in [0.25, 0.3) is 0 Å². The van der Waals surface area contributed by atoms with Gasteiger partial charge in [0.1, 0.15) is 5.82 Å². The van der Waals surface area contributed by atoms with Gasteiger partial charge in [-0.05, 0) is 73.5 Å². The first-order valence-electron chi connectivity index (χ1n) is 11.0. The molecule has 3 aromatic rings. The van der Waals surface area contributed by atoms with Gasteiger partial charge in [0.2, 0.25) is 10.0 Å². The number of carbonyl (C=O) groups excluding carboxylic acids is 1. The molecule has 0 bridgehead atoms. The van der Waals surface area contributed by atoms with Crippen LogP contribution in [0.15, 0.2) is 82.6 Å². The zero-order valence-electron chi connectivity index (χ0n) is 18.6. The third-order valence-corrected chi connectivity index (χ3v) is 8.90. The van der Waals surface area contributed by atoms with Gasteiger partial charge in [0.25, 0.3) is 15.9 Å². The summed E-state index contributed by atoms with van der Waals surface area (Å²) in [4.78, 5) is 12.9. The summed E-state index contributed by atoms with van der Waals surface area (Å²) in [5.74, 6) is -1.16. The Labute approximate surface area is 203 Å². The molecule has 35 heavy (non-hydrogen) atoms. The summed E-state index contributed by atoms with van der Waals surface area (Å²) in [6.45, 7) is 0.983. The lowest BCUT2D eigenvalue weighted by Gasteiger charge is -2.25. The van der Waals surface area contributed by atoms with Crippen molar-refractivity contribution in [3.63, 3.8) is 0 Å². The number of hydrogen-bond donors (Lipinski definition) is 2. The first-order chi connectivity index (χ1) is 16.7. The monoisotopic (exact) mass is 517 g/mol. The summed E-state index contributed by atoms with van der Waals surface area (Å²) < 4.78 is 68.0. The molecule has 0 saturated carbocycles. The number of carbonyl (C=O) groups is 1. The van der Waals surface area contributed by atoms with E-state index in [2.05, 4.69) is 10.0 Å². The highest BCUT2D eigenvalue weighted by atomic mass is 32.2. The van der Waals surface area contributed by atoms with E-state index in [0.29, 0.717) is 18.8 Å². The number of hydrogen-bond acceptors (Lipinski definition) is 5. The van der Waals surface area contributed by atoms with Crippen molar-refractivity contribution in [3.8, 4) is 0 Å². The Morgan fingerprint density at radius 2 is 1.37 bits per heavy atom. The average Bonchev–Trinajstić information content (AvgIpc) is 2.85. The topological polar surface area (TPSA) is 113 Å². The lowest BCUT2D eigenvalue weighted by Crippen LogP contribution is -2.35. The summed E-state index contributed by atoms with van der Waals surface area (Å²) in [7, 11) is -7.65. The molecule has 1 fully saturated rings. The minimum atomic E-state index is -4.06. The maximum atomic E-state index is 13.2. The molecule has 8 nitrogen and oxygen atoms in total. The maximum Gasteiger partial charge on any atom is 0.261 e. The van der Waals surface area contributed by atoms with Crippen LogP contribution in [0.2, 0.25) is 0 Å². The van der Waals surface area contributed by atoms with Crippen LogP contribution in [0.3, 0.4) is 0 Å². The van der Waals surface area contributed by atoms with Gasteiger partial charge >= 0.3 is 0 Å². The number of sulfonamides is 2. The molecule has 0 aliphatic carbocycles. The fourth-order valence-electron chi connectivity index (χ4n) is 3.75. The van der Waals surface area contributed by atoms with Crippen LogP contribution in [0.1, 0.15) is 29.6 Å². The van der Waals surface area contributed by atoms with Crippen molar-refractivity contribution in [2.24, 2.45) is 0 Å². The zero-order chi connectivity index (χ0) is 25.1. The number of anilines is 2. The van der Waals surface area contributed by atoms with Crippen LogP contribution < -0.4 is 10.0 Å². The summed E-state index contributed by atoms with van der Waals surface area (Å²) in [6, 6.07) is 16.2. The van der Waals surface area contributed by atoms with E-state index in [4.69, 9.17) is 0 Å². The largest absolute Gasteiger partial charge is 0.322 e. The molecule has 1 aliphatic heterocycles. The SMILES string of the molecule is O=C(Nc1ccc(S(=O)(=O)N2CCCCC2)cc1)c1ccccc1NS(=O)(=O)c1ccc(F)cc1. The van der Waals surface area contributed by atoms with Crippen LogP contribution in [0.5, 0.6) is 0 Å². The highest BCUT2D eigenvalue weighted by Crippen LogP contribution is 2.24. The van der Waals surface area contributed by atoms with E-state index in [-0.39, 0.29) is 21.0 Å². The Morgan fingerprint density at radius 3 is 2.03 bits per heavy atom. The molecular weight excluding hydrogens is 493 g/mol. The van der Waals surface area contributed by atoms with Gasteiger partial charge in [-0.1, -0.05) is 18.6 Å². The van der Waals surface area contributed by atoms with Crippen molar-refractivity contribution in [1.29, 1.82) is 0 Å². The Morgan fingerprint density at radius 1 is 0.771 bits per heavy atom. The molecule has 1 saturated heterocycles. The summed E-state index contributed by atoms with van der Waals surface area (Å²) in [5.41, 5.74) is 0.450. The number of amides is 1. The minimum Gasteiger partial charge on any atom is -0.322 e. The van der Waals surface area contributed by atoms with Crippen LogP contribution >= 0.6 is 0 Å². The van der Waals surface area contributed by atoms with E-state index in [1.165, 1.54) is 40.7 Å². The van der Waals surface area contributed by atoms with Crippen molar-refractivity contribution in [2.45, 2.75) is 29.1 Å². The maximum absolute atomic E-state index is 13.2. The van der Waals surface area contributed by atoms with Crippen LogP contribution in [0, 0.1) is 5.82 Å². The quantitative estimate of drug-likeness (QED) is 0.491. The molecule has 184 valence electrons. The van der Waals surface area contributed by atoms with E-state index in [1.54, 1.807) is 12.1 Å². The number of nitrogens with one attached hydrogen (secondary N) is 2. The van der Waals surface area contributed by atoms with Crippen molar-refractivity contribution in [3.05, 3.63) is 84.2 Å². The zero-order valence-corrected chi connectivity index (χ0v) is 20.3. The van der Waals surface area contributed by atoms with Crippen LogP contribution in [0.4, 0.5) is 15.8 Å². The van der Waals surface area contributed by atoms with Gasteiger partial charge in [0.05, 0.1) is 21.0 Å². The Balaban J connectivity index is 1.50. The first kappa shape index (κ1) is 24.8. The summed E-state index contributed by atoms with van der Waals surface area (Å²) in [6.07, 6.45) is 2.67. The van der Waals surface area contributed by atoms with Crippen molar-refractivity contribution in [2.75, 3.05) is 23.1 Å². The van der Waals surface area contributed by atoms with Gasteiger partial charge in [-0.15, -0.1) is 0 Å². The van der Waals surface area contributed by atoms with Crippen LogP contribution in [-0.2, 0) is 20.0 Å². The van der Waals surface area contributed by atoms with Crippen molar-refractivity contribution in [1.82, 2.24) is 4.31 Å². The number of halogens is 1. The molecule has 0 aromatic heterocycles. The summed E-state index contributed by atoms with van der Waals surface area (Å²) in [5, 5.41) is 2.66. The van der Waals surface area contributed by atoms with Gasteiger partial charge in [0.15, 0.2) is 0 Å². The van der Waals surface area contributed by atoms with Crippen molar-refractivity contribution >= 4 is 37.3 Å². The normalized spacial score (nSPS) is 14.9. The highest BCUT2D eigenvalue weighted by molar-refractivity contribution is 7.92. The van der Waals surface area contributed by atoms with Gasteiger partial charge < -0.3 is 5.32 Å². The number of rotatable bonds is 7. The van der Waals surface area contributed by atoms with E-state index in [0.717, 1.165) is 43.5 Å². The third kappa shape index (κ3) is 5.69. The average molecular weight is 518 g/mol. The Hall–Kier alpha value is -3.28. The van der Waals surface area contributed by atoms with Gasteiger partial charge in [-0.25, -0.2) is 21.2 Å². The van der Waals surface area contributed by atoms with E-state index < -0.39 is 31.8 Å². The van der Waals surface area contributed by atoms with E-state index in [1.807, 2.05) is 0 Å². The lowest BCUT2D eigenvalue weighted by molar-refractivity contribution is 0.102. The molecule has 4 rings (SSSR count). The highest BCUT2D eigenvalue weighted by Gasteiger charge is 2.26. The first-order valence-corrected chi connectivity index (χ1v) is 13.9. The number of benzene rings is 3. The Bertz CT molecular complexity index is 1420. The van der Waals surface area contributed by atoms with E-state index >= 15 is 0 Å². The second-order valence-electron chi connectivity index (χ2n) is 8.05. The standard InChI is InChI=1S/C24H24FN3O5S2/c25-18-8-12-20(13-9-18)34(30,31)27-23-7-3-2-6-22(23)24(29)26-19-10-14-21(15-11-19)35(32,33)28-16-4-1-5-17-28/h2-3,6-15,27H,1,4-5,16-17H2,(H,26,29). The van der Waals surface area contributed by atoms with Crippen molar-refractivity contribution < 1.29 is 26.0 Å². The van der Waals surface area contributed by atoms with Gasteiger partial charge in [-0.3, -0.25) is 9.52 Å². The van der Waals surface area contributed by atoms with Crippen LogP contribution in [-0.4, -0.2) is 40.1 Å². The number of para-hydroxylation sites is 1. The molecule has 0 radical (unpaired) electrons. The van der Waals surface area contributed by atoms with E-state index in [9.17, 15) is 26.0 Å². The predicted octanol–water partition coefficient (Wildman–Crippen LogP) is 4.05. The molecule has 0 atom stereocenters.